The number of hydrogen-bond acceptors (Lipinski definition) is 4. The predicted octanol–water partition coefficient (Wildman–Crippen LogP) is 1.73. The van der Waals surface area contributed by atoms with Gasteiger partial charge in [0.1, 0.15) is 11.7 Å². The van der Waals surface area contributed by atoms with Gasteiger partial charge in [-0.3, -0.25) is 14.4 Å². The highest BCUT2D eigenvalue weighted by Gasteiger charge is 2.28. The molecule has 112 valence electrons. The number of anilines is 1. The molecule has 0 aromatic heterocycles. The number of methoxy groups -OCH3 is 1. The molecule has 1 amide bonds. The number of esters is 1. The number of fused-ring (bicyclic) bond motifs is 1. The fourth-order valence-electron chi connectivity index (χ4n) is 2.63. The maximum Gasteiger partial charge on any atom is 0.316 e. The van der Waals surface area contributed by atoms with Gasteiger partial charge in [0.25, 0.3) is 0 Å². The summed E-state index contributed by atoms with van der Waals surface area (Å²) in [5, 5.41) is 0. The minimum atomic E-state index is -0.850. The van der Waals surface area contributed by atoms with E-state index < -0.39 is 11.9 Å². The van der Waals surface area contributed by atoms with Gasteiger partial charge in [-0.15, -0.1) is 0 Å². The number of ether oxygens (including phenoxy) is 1. The van der Waals surface area contributed by atoms with Gasteiger partial charge < -0.3 is 9.64 Å². The van der Waals surface area contributed by atoms with E-state index in [0.717, 1.165) is 17.7 Å². The van der Waals surface area contributed by atoms with E-state index in [4.69, 9.17) is 0 Å². The maximum atomic E-state index is 12.3. The highest BCUT2D eigenvalue weighted by Crippen LogP contribution is 2.28. The Morgan fingerprint density at radius 1 is 1.29 bits per heavy atom. The molecule has 0 aliphatic carbocycles. The molecule has 1 aromatic carbocycles. The van der Waals surface area contributed by atoms with Crippen molar-refractivity contribution in [1.82, 2.24) is 0 Å². The van der Waals surface area contributed by atoms with Crippen LogP contribution in [0.5, 0.6) is 0 Å². The van der Waals surface area contributed by atoms with Crippen LogP contribution in [0.25, 0.3) is 0 Å². The van der Waals surface area contributed by atoms with Crippen molar-refractivity contribution in [3.63, 3.8) is 0 Å². The summed E-state index contributed by atoms with van der Waals surface area (Å²) in [7, 11) is 1.25. The van der Waals surface area contributed by atoms with Gasteiger partial charge >= 0.3 is 5.97 Å². The highest BCUT2D eigenvalue weighted by atomic mass is 16.5. The van der Waals surface area contributed by atoms with Crippen molar-refractivity contribution >= 4 is 23.3 Å². The number of benzene rings is 1. The van der Waals surface area contributed by atoms with Crippen LogP contribution in [0.4, 0.5) is 5.69 Å². The third-order valence-corrected chi connectivity index (χ3v) is 3.81. The van der Waals surface area contributed by atoms with Gasteiger partial charge in [-0.2, -0.15) is 0 Å². The Labute approximate surface area is 123 Å². The molecule has 2 rings (SSSR count). The van der Waals surface area contributed by atoms with Crippen LogP contribution in [-0.2, 0) is 25.5 Å². The molecule has 21 heavy (non-hydrogen) atoms. The topological polar surface area (TPSA) is 63.7 Å². The smallest absolute Gasteiger partial charge is 0.316 e. The van der Waals surface area contributed by atoms with E-state index in [1.54, 1.807) is 4.90 Å². The molecule has 5 nitrogen and oxygen atoms in total. The molecule has 0 bridgehead atoms. The Kier molecular flexibility index (Phi) is 4.73. The van der Waals surface area contributed by atoms with E-state index in [-0.39, 0.29) is 24.5 Å². The summed E-state index contributed by atoms with van der Waals surface area (Å²) in [6, 6.07) is 7.78. The average molecular weight is 289 g/mol. The maximum absolute atomic E-state index is 12.3. The van der Waals surface area contributed by atoms with E-state index in [1.807, 2.05) is 24.3 Å². The summed E-state index contributed by atoms with van der Waals surface area (Å²) >= 11 is 0. The largest absolute Gasteiger partial charge is 0.468 e. The van der Waals surface area contributed by atoms with E-state index >= 15 is 0 Å². The second-order valence-corrected chi connectivity index (χ2v) is 5.15. The van der Waals surface area contributed by atoms with Crippen molar-refractivity contribution in [1.29, 1.82) is 0 Å². The summed E-state index contributed by atoms with van der Waals surface area (Å²) in [6.07, 6.45) is 1.20. The highest BCUT2D eigenvalue weighted by molar-refractivity contribution is 5.99. The molecule has 5 heteroatoms. The van der Waals surface area contributed by atoms with Crippen LogP contribution < -0.4 is 4.90 Å². The number of ketones is 1. The zero-order valence-electron chi connectivity index (χ0n) is 12.3. The first kappa shape index (κ1) is 15.2. The fraction of sp³-hybridized carbons (Fsp3) is 0.438. The number of rotatable bonds is 5. The number of amides is 1. The first-order valence-corrected chi connectivity index (χ1v) is 7.01. The van der Waals surface area contributed by atoms with E-state index in [1.165, 1.54) is 14.0 Å². The van der Waals surface area contributed by atoms with Crippen LogP contribution in [0.2, 0.25) is 0 Å². The molecular formula is C16H19NO4. The van der Waals surface area contributed by atoms with Gasteiger partial charge in [0.15, 0.2) is 0 Å². The van der Waals surface area contributed by atoms with Crippen molar-refractivity contribution in [2.75, 3.05) is 18.6 Å². The lowest BCUT2D eigenvalue weighted by Gasteiger charge is -2.18. The number of para-hydroxylation sites is 1. The minimum Gasteiger partial charge on any atom is -0.468 e. The van der Waals surface area contributed by atoms with Gasteiger partial charge in [0.05, 0.1) is 7.11 Å². The van der Waals surface area contributed by atoms with Crippen LogP contribution in [0.15, 0.2) is 24.3 Å². The summed E-state index contributed by atoms with van der Waals surface area (Å²) in [5.74, 6) is -1.75. The van der Waals surface area contributed by atoms with E-state index in [9.17, 15) is 14.4 Å². The zero-order chi connectivity index (χ0) is 15.4. The van der Waals surface area contributed by atoms with Crippen molar-refractivity contribution < 1.29 is 19.1 Å². The third-order valence-electron chi connectivity index (χ3n) is 3.81. The van der Waals surface area contributed by atoms with Gasteiger partial charge in [-0.1, -0.05) is 18.2 Å². The second-order valence-electron chi connectivity index (χ2n) is 5.15. The van der Waals surface area contributed by atoms with Crippen LogP contribution >= 0.6 is 0 Å². The van der Waals surface area contributed by atoms with Gasteiger partial charge in [0.2, 0.25) is 5.91 Å². The number of carbonyl (C=O) groups excluding carboxylic acids is 3. The number of nitrogens with zero attached hydrogens (tertiary/aromatic N) is 1. The van der Waals surface area contributed by atoms with Crippen molar-refractivity contribution in [2.24, 2.45) is 5.92 Å². The third kappa shape index (κ3) is 3.29. The molecule has 0 N–H and O–H groups in total. The van der Waals surface area contributed by atoms with Crippen LogP contribution in [0.3, 0.4) is 0 Å². The predicted molar refractivity (Wildman–Crippen MR) is 77.9 cm³/mol. The molecule has 0 fully saturated rings. The molecule has 0 radical (unpaired) electrons. The average Bonchev–Trinajstić information content (AvgIpc) is 2.90. The van der Waals surface area contributed by atoms with Crippen LogP contribution in [0, 0.1) is 5.92 Å². The monoisotopic (exact) mass is 289 g/mol. The second kappa shape index (κ2) is 6.52. The first-order chi connectivity index (χ1) is 10.0. The Balaban J connectivity index is 2.00. The van der Waals surface area contributed by atoms with E-state index in [0.29, 0.717) is 6.54 Å². The number of hydrogen-bond donors (Lipinski definition) is 0. The van der Waals surface area contributed by atoms with E-state index in [2.05, 4.69) is 4.74 Å². The lowest BCUT2D eigenvalue weighted by Crippen LogP contribution is -2.31. The summed E-state index contributed by atoms with van der Waals surface area (Å²) in [5.41, 5.74) is 2.09. The normalized spacial score (nSPS) is 14.5. The number of Topliss-reactive ketones (excluding diaryl/α,β-unsaturated/α-hetero) is 1. The molecule has 1 aromatic rings. The molecule has 1 unspecified atom stereocenters. The van der Waals surface area contributed by atoms with Crippen LogP contribution in [-0.4, -0.2) is 31.3 Å². The summed E-state index contributed by atoms with van der Waals surface area (Å²) < 4.78 is 4.60. The van der Waals surface area contributed by atoms with Crippen molar-refractivity contribution in [3.05, 3.63) is 29.8 Å². The van der Waals surface area contributed by atoms with Gasteiger partial charge in [-0.25, -0.2) is 0 Å². The Morgan fingerprint density at radius 2 is 2.00 bits per heavy atom. The molecule has 0 saturated carbocycles. The van der Waals surface area contributed by atoms with Crippen molar-refractivity contribution in [3.8, 4) is 0 Å². The molecular weight excluding hydrogens is 270 g/mol. The molecule has 1 atom stereocenters. The minimum absolute atomic E-state index is 0.0601. The quantitative estimate of drug-likeness (QED) is 0.612. The Bertz CT molecular complexity index is 567. The van der Waals surface area contributed by atoms with Gasteiger partial charge in [-0.05, 0) is 31.4 Å². The Morgan fingerprint density at radius 3 is 2.67 bits per heavy atom. The lowest BCUT2D eigenvalue weighted by atomic mass is 9.99. The Hall–Kier alpha value is -2.17. The molecule has 1 aliphatic rings. The van der Waals surface area contributed by atoms with Crippen LogP contribution in [0.1, 0.15) is 25.3 Å². The lowest BCUT2D eigenvalue weighted by molar-refractivity contribution is -0.149. The SMILES string of the molecule is COC(=O)C(CCC(=O)N1CCc2ccccc21)C(C)=O. The summed E-state index contributed by atoms with van der Waals surface area (Å²) in [6.45, 7) is 2.00. The molecule has 0 spiro atoms. The van der Waals surface area contributed by atoms with Crippen molar-refractivity contribution in [2.45, 2.75) is 26.2 Å². The first-order valence-electron chi connectivity index (χ1n) is 7.01. The molecule has 1 aliphatic heterocycles. The fourth-order valence-corrected chi connectivity index (χ4v) is 2.63. The van der Waals surface area contributed by atoms with Gasteiger partial charge in [0, 0.05) is 18.7 Å². The molecule has 1 heterocycles. The summed E-state index contributed by atoms with van der Waals surface area (Å²) in [4.78, 5) is 37.0. The number of carbonyl (C=O) groups is 3. The standard InChI is InChI=1S/C16H19NO4/c1-11(18)13(16(20)21-2)7-8-15(19)17-10-9-12-5-3-4-6-14(12)17/h3-6,13H,7-10H2,1-2H3. The zero-order valence-corrected chi connectivity index (χ0v) is 12.3. The molecule has 0 saturated heterocycles.